The first kappa shape index (κ1) is 21.6. The van der Waals surface area contributed by atoms with Gasteiger partial charge < -0.3 is 19.9 Å². The fourth-order valence-electron chi connectivity index (χ4n) is 3.06. The Kier molecular flexibility index (Phi) is 7.16. The van der Waals surface area contributed by atoms with Gasteiger partial charge in [0.05, 0.1) is 21.8 Å². The zero-order chi connectivity index (χ0) is 21.0. The summed E-state index contributed by atoms with van der Waals surface area (Å²) in [4.78, 5) is 29.5. The maximum absolute atomic E-state index is 12.8. The number of halogens is 2. The van der Waals surface area contributed by atoms with Crippen LogP contribution in [0.1, 0.15) is 27.6 Å². The number of nitrogens with zero attached hydrogens (tertiary/aromatic N) is 2. The van der Waals surface area contributed by atoms with E-state index < -0.39 is 0 Å². The van der Waals surface area contributed by atoms with Gasteiger partial charge in [-0.05, 0) is 66.3 Å². The minimum absolute atomic E-state index is 0.0610. The number of anilines is 1. The Labute approximate surface area is 183 Å². The van der Waals surface area contributed by atoms with Crippen molar-refractivity contribution in [2.75, 3.05) is 45.2 Å². The molecule has 0 unspecified atom stereocenters. The lowest BCUT2D eigenvalue weighted by Crippen LogP contribution is -2.47. The van der Waals surface area contributed by atoms with Crippen LogP contribution in [0.4, 0.5) is 5.69 Å². The van der Waals surface area contributed by atoms with Gasteiger partial charge in [-0.2, -0.15) is 0 Å². The molecule has 0 radical (unpaired) electrons. The average molecular weight is 481 g/mol. The highest BCUT2D eigenvalue weighted by molar-refractivity contribution is 9.10. The fraction of sp³-hybridized carbons (Fsp3) is 0.333. The highest BCUT2D eigenvalue weighted by atomic mass is 79.9. The highest BCUT2D eigenvalue weighted by Gasteiger charge is 2.21. The molecule has 0 saturated carbocycles. The summed E-state index contributed by atoms with van der Waals surface area (Å²) in [5.74, 6) is 0.288. The molecule has 1 heterocycles. The molecule has 1 aliphatic heterocycles. The minimum atomic E-state index is -0.320. The van der Waals surface area contributed by atoms with Crippen molar-refractivity contribution in [1.82, 2.24) is 9.80 Å². The molecule has 154 valence electrons. The Hall–Kier alpha value is -2.09. The van der Waals surface area contributed by atoms with E-state index in [9.17, 15) is 9.59 Å². The Bertz CT molecular complexity index is 914. The normalized spacial score (nSPS) is 14.6. The van der Waals surface area contributed by atoms with Crippen molar-refractivity contribution in [2.45, 2.75) is 6.92 Å². The van der Waals surface area contributed by atoms with E-state index in [1.165, 1.54) is 0 Å². The summed E-state index contributed by atoms with van der Waals surface area (Å²) >= 11 is 9.67. The van der Waals surface area contributed by atoms with Gasteiger partial charge in [0, 0.05) is 37.3 Å². The molecule has 8 heteroatoms. The van der Waals surface area contributed by atoms with Crippen molar-refractivity contribution >= 4 is 45.0 Å². The summed E-state index contributed by atoms with van der Waals surface area (Å²) in [5, 5.41) is 3.17. The van der Waals surface area contributed by atoms with E-state index in [0.717, 1.165) is 13.1 Å². The zero-order valence-electron chi connectivity index (χ0n) is 16.4. The van der Waals surface area contributed by atoms with E-state index in [-0.39, 0.29) is 11.8 Å². The Morgan fingerprint density at radius 2 is 1.79 bits per heavy atom. The van der Waals surface area contributed by atoms with E-state index >= 15 is 0 Å². The maximum atomic E-state index is 12.8. The Morgan fingerprint density at radius 3 is 2.45 bits per heavy atom. The van der Waals surface area contributed by atoms with Gasteiger partial charge in [0.2, 0.25) is 0 Å². The average Bonchev–Trinajstić information content (AvgIpc) is 2.71. The molecule has 3 rings (SSSR count). The number of carbonyl (C=O) groups is 2. The quantitative estimate of drug-likeness (QED) is 0.699. The molecule has 0 aromatic heterocycles. The lowest BCUT2D eigenvalue weighted by atomic mass is 10.1. The third-order valence-electron chi connectivity index (χ3n) is 4.75. The van der Waals surface area contributed by atoms with Crippen molar-refractivity contribution < 1.29 is 14.3 Å². The number of hydrogen-bond donors (Lipinski definition) is 1. The number of piperazine rings is 1. The van der Waals surface area contributed by atoms with Crippen LogP contribution in [0.5, 0.6) is 5.75 Å². The molecule has 0 aliphatic carbocycles. The number of amides is 2. The van der Waals surface area contributed by atoms with Crippen molar-refractivity contribution in [1.29, 1.82) is 0 Å². The van der Waals surface area contributed by atoms with Crippen LogP contribution >= 0.6 is 27.5 Å². The number of carbonyl (C=O) groups excluding carboxylic acids is 2. The molecular weight excluding hydrogens is 458 g/mol. The first-order chi connectivity index (χ1) is 13.9. The summed E-state index contributed by atoms with van der Waals surface area (Å²) in [7, 11) is 2.04. The molecule has 2 aromatic rings. The standard InChI is InChI=1S/C21H23BrClN3O3/c1-3-29-19-7-5-14(12-16(19)22)20(27)24-18-13-15(4-6-17(18)23)21(28)26-10-8-25(2)9-11-26/h4-7,12-13H,3,8-11H2,1-2H3,(H,24,27). The van der Waals surface area contributed by atoms with Crippen LogP contribution in [0, 0.1) is 0 Å². The van der Waals surface area contributed by atoms with Crippen LogP contribution in [0.2, 0.25) is 5.02 Å². The van der Waals surface area contributed by atoms with Crippen molar-refractivity contribution in [3.8, 4) is 5.75 Å². The predicted molar refractivity (Wildman–Crippen MR) is 118 cm³/mol. The van der Waals surface area contributed by atoms with Crippen LogP contribution in [0.15, 0.2) is 40.9 Å². The van der Waals surface area contributed by atoms with Gasteiger partial charge in [0.1, 0.15) is 5.75 Å². The molecule has 29 heavy (non-hydrogen) atoms. The molecule has 1 fully saturated rings. The highest BCUT2D eigenvalue weighted by Crippen LogP contribution is 2.28. The molecule has 2 aromatic carbocycles. The number of likely N-dealkylation sites (N-methyl/N-ethyl adjacent to an activating group) is 1. The van der Waals surface area contributed by atoms with Gasteiger partial charge in [-0.15, -0.1) is 0 Å². The number of ether oxygens (including phenoxy) is 1. The van der Waals surface area contributed by atoms with Gasteiger partial charge >= 0.3 is 0 Å². The number of rotatable bonds is 5. The lowest BCUT2D eigenvalue weighted by molar-refractivity contribution is 0.0664. The first-order valence-corrected chi connectivity index (χ1v) is 10.6. The number of benzene rings is 2. The van der Waals surface area contributed by atoms with E-state index in [1.54, 1.807) is 36.4 Å². The minimum Gasteiger partial charge on any atom is -0.493 e. The summed E-state index contributed by atoms with van der Waals surface area (Å²) in [6, 6.07) is 10.0. The molecule has 0 spiro atoms. The van der Waals surface area contributed by atoms with Crippen LogP contribution in [0.25, 0.3) is 0 Å². The van der Waals surface area contributed by atoms with Gasteiger partial charge in [0.25, 0.3) is 11.8 Å². The van der Waals surface area contributed by atoms with E-state index in [2.05, 4.69) is 26.1 Å². The monoisotopic (exact) mass is 479 g/mol. The molecule has 6 nitrogen and oxygen atoms in total. The summed E-state index contributed by atoms with van der Waals surface area (Å²) in [6.07, 6.45) is 0. The Balaban J connectivity index is 1.75. The van der Waals surface area contributed by atoms with Gasteiger partial charge in [-0.3, -0.25) is 9.59 Å². The van der Waals surface area contributed by atoms with Crippen molar-refractivity contribution in [2.24, 2.45) is 0 Å². The maximum Gasteiger partial charge on any atom is 0.255 e. The van der Waals surface area contributed by atoms with Gasteiger partial charge in [-0.25, -0.2) is 0 Å². The van der Waals surface area contributed by atoms with Crippen molar-refractivity contribution in [3.63, 3.8) is 0 Å². The molecule has 2 amide bonds. The summed E-state index contributed by atoms with van der Waals surface area (Å²) in [6.45, 7) is 5.48. The number of hydrogen-bond acceptors (Lipinski definition) is 4. The fourth-order valence-corrected chi connectivity index (χ4v) is 3.71. The third kappa shape index (κ3) is 5.29. The topological polar surface area (TPSA) is 61.9 Å². The lowest BCUT2D eigenvalue weighted by Gasteiger charge is -2.32. The third-order valence-corrected chi connectivity index (χ3v) is 5.70. The second-order valence-electron chi connectivity index (χ2n) is 6.82. The van der Waals surface area contributed by atoms with E-state index in [1.807, 2.05) is 18.9 Å². The summed E-state index contributed by atoms with van der Waals surface area (Å²) < 4.78 is 6.16. The molecule has 1 aliphatic rings. The van der Waals surface area contributed by atoms with Gasteiger partial charge in [-0.1, -0.05) is 11.6 Å². The van der Waals surface area contributed by atoms with Gasteiger partial charge in [0.15, 0.2) is 0 Å². The van der Waals surface area contributed by atoms with Crippen molar-refractivity contribution in [3.05, 3.63) is 57.0 Å². The largest absolute Gasteiger partial charge is 0.493 e. The second-order valence-corrected chi connectivity index (χ2v) is 8.08. The van der Waals surface area contributed by atoms with Crippen LogP contribution in [-0.2, 0) is 0 Å². The Morgan fingerprint density at radius 1 is 1.10 bits per heavy atom. The first-order valence-electron chi connectivity index (χ1n) is 9.40. The molecular formula is C21H23BrClN3O3. The second kappa shape index (κ2) is 9.61. The SMILES string of the molecule is CCOc1ccc(C(=O)Nc2cc(C(=O)N3CCN(C)CC3)ccc2Cl)cc1Br. The van der Waals surface area contributed by atoms with Crippen LogP contribution < -0.4 is 10.1 Å². The summed E-state index contributed by atoms with van der Waals surface area (Å²) in [5.41, 5.74) is 1.36. The van der Waals surface area contributed by atoms with E-state index in [0.29, 0.717) is 51.8 Å². The zero-order valence-corrected chi connectivity index (χ0v) is 18.7. The molecule has 1 N–H and O–H groups in total. The number of nitrogens with one attached hydrogen (secondary N) is 1. The predicted octanol–water partition coefficient (Wildman–Crippen LogP) is 4.14. The van der Waals surface area contributed by atoms with E-state index in [4.69, 9.17) is 16.3 Å². The molecule has 0 bridgehead atoms. The van der Waals surface area contributed by atoms with Crippen LogP contribution in [0.3, 0.4) is 0 Å². The smallest absolute Gasteiger partial charge is 0.255 e. The molecule has 1 saturated heterocycles. The molecule has 0 atom stereocenters. The van der Waals surface area contributed by atoms with Crippen LogP contribution in [-0.4, -0.2) is 61.4 Å².